The molecule has 6 nitrogen and oxygen atoms in total. The van der Waals surface area contributed by atoms with Crippen LogP contribution in [0.4, 0.5) is 0 Å². The number of nitrogens with zero attached hydrogens (tertiary/aromatic N) is 1. The Morgan fingerprint density at radius 3 is 2.80 bits per heavy atom. The number of benzene rings is 1. The number of likely N-dealkylation sites (tertiary alicyclic amines) is 1. The van der Waals surface area contributed by atoms with Crippen molar-refractivity contribution < 1.29 is 14.3 Å². The lowest BCUT2D eigenvalue weighted by Crippen LogP contribution is -2.55. The number of halogens is 1. The van der Waals surface area contributed by atoms with Crippen molar-refractivity contribution >= 4 is 24.2 Å². The summed E-state index contributed by atoms with van der Waals surface area (Å²) in [5, 5.41) is 6.21. The molecule has 3 rings (SSSR count). The molecule has 2 aliphatic rings. The second-order valence-electron chi connectivity index (χ2n) is 6.45. The Bertz CT molecular complexity index is 564. The zero-order valence-electron chi connectivity index (χ0n) is 14.3. The molecule has 1 aromatic carbocycles. The zero-order chi connectivity index (χ0) is 16.8. The molecule has 25 heavy (non-hydrogen) atoms. The van der Waals surface area contributed by atoms with Gasteiger partial charge in [-0.3, -0.25) is 9.59 Å². The van der Waals surface area contributed by atoms with E-state index in [0.717, 1.165) is 25.9 Å². The lowest BCUT2D eigenvalue weighted by atomic mass is 9.97. The highest BCUT2D eigenvalue weighted by molar-refractivity contribution is 5.94. The van der Waals surface area contributed by atoms with Gasteiger partial charge in [0, 0.05) is 31.7 Å². The third-order valence-electron chi connectivity index (χ3n) is 4.64. The Balaban J connectivity index is 0.00000225. The highest BCUT2D eigenvalue weighted by Gasteiger charge is 2.30. The van der Waals surface area contributed by atoms with Crippen molar-refractivity contribution in [2.75, 3.05) is 39.4 Å². The van der Waals surface area contributed by atoms with Crippen LogP contribution >= 0.6 is 12.4 Å². The summed E-state index contributed by atoms with van der Waals surface area (Å²) in [4.78, 5) is 26.6. The van der Waals surface area contributed by atoms with E-state index in [1.54, 1.807) is 12.1 Å². The van der Waals surface area contributed by atoms with Gasteiger partial charge in [0.05, 0.1) is 13.2 Å². The first-order valence-corrected chi connectivity index (χ1v) is 8.67. The molecular formula is C18H26ClN3O3. The Hall–Kier alpha value is -1.63. The van der Waals surface area contributed by atoms with Gasteiger partial charge in [0.2, 0.25) is 5.91 Å². The van der Waals surface area contributed by atoms with Crippen molar-refractivity contribution in [3.8, 4) is 0 Å². The van der Waals surface area contributed by atoms with E-state index in [1.165, 1.54) is 0 Å². The number of piperidine rings is 1. The number of carbonyl (C=O) groups excluding carboxylic acids is 2. The van der Waals surface area contributed by atoms with Crippen molar-refractivity contribution in [3.05, 3.63) is 35.9 Å². The van der Waals surface area contributed by atoms with Crippen molar-refractivity contribution in [3.63, 3.8) is 0 Å². The molecule has 2 fully saturated rings. The topological polar surface area (TPSA) is 70.7 Å². The first-order chi connectivity index (χ1) is 11.7. The monoisotopic (exact) mass is 367 g/mol. The van der Waals surface area contributed by atoms with Crippen LogP contribution in [0.3, 0.4) is 0 Å². The minimum absolute atomic E-state index is 0. The van der Waals surface area contributed by atoms with Crippen LogP contribution in [0.15, 0.2) is 30.3 Å². The predicted molar refractivity (Wildman–Crippen MR) is 97.9 cm³/mol. The number of morpholine rings is 1. The van der Waals surface area contributed by atoms with E-state index >= 15 is 0 Å². The minimum atomic E-state index is -0.226. The number of ether oxygens (including phenoxy) is 1. The van der Waals surface area contributed by atoms with Gasteiger partial charge in [0.1, 0.15) is 6.04 Å². The van der Waals surface area contributed by atoms with Crippen LogP contribution in [0.25, 0.3) is 0 Å². The van der Waals surface area contributed by atoms with Gasteiger partial charge in [-0.05, 0) is 30.9 Å². The molecule has 2 heterocycles. The van der Waals surface area contributed by atoms with Crippen LogP contribution < -0.4 is 10.6 Å². The van der Waals surface area contributed by atoms with E-state index < -0.39 is 0 Å². The summed E-state index contributed by atoms with van der Waals surface area (Å²) in [6.07, 6.45) is 2.01. The van der Waals surface area contributed by atoms with Gasteiger partial charge in [0.25, 0.3) is 5.91 Å². The van der Waals surface area contributed by atoms with Gasteiger partial charge in [-0.1, -0.05) is 18.2 Å². The summed E-state index contributed by atoms with van der Waals surface area (Å²) in [5.74, 6) is 0.370. The molecule has 0 bridgehead atoms. The van der Waals surface area contributed by atoms with E-state index in [4.69, 9.17) is 4.74 Å². The number of amides is 2. The van der Waals surface area contributed by atoms with E-state index in [9.17, 15) is 9.59 Å². The smallest absolute Gasteiger partial charge is 0.251 e. The van der Waals surface area contributed by atoms with Crippen LogP contribution in [-0.2, 0) is 9.53 Å². The molecule has 2 unspecified atom stereocenters. The molecule has 2 saturated heterocycles. The zero-order valence-corrected chi connectivity index (χ0v) is 15.1. The molecular weight excluding hydrogens is 342 g/mol. The third-order valence-corrected chi connectivity index (χ3v) is 4.64. The number of hydrogen-bond donors (Lipinski definition) is 2. The Labute approximate surface area is 154 Å². The molecule has 2 atom stereocenters. The van der Waals surface area contributed by atoms with Gasteiger partial charge < -0.3 is 20.3 Å². The highest BCUT2D eigenvalue weighted by Crippen LogP contribution is 2.17. The van der Waals surface area contributed by atoms with E-state index in [0.29, 0.717) is 37.8 Å². The first-order valence-electron chi connectivity index (χ1n) is 8.67. The largest absolute Gasteiger partial charge is 0.378 e. The number of rotatable bonds is 4. The van der Waals surface area contributed by atoms with Gasteiger partial charge >= 0.3 is 0 Å². The van der Waals surface area contributed by atoms with Crippen LogP contribution in [0.5, 0.6) is 0 Å². The fourth-order valence-corrected chi connectivity index (χ4v) is 3.30. The molecule has 0 aromatic heterocycles. The van der Waals surface area contributed by atoms with Gasteiger partial charge in [0.15, 0.2) is 0 Å². The molecule has 0 saturated carbocycles. The lowest BCUT2D eigenvalue weighted by molar-refractivity contribution is -0.138. The Kier molecular flexibility index (Phi) is 7.68. The Morgan fingerprint density at radius 1 is 1.28 bits per heavy atom. The quantitative estimate of drug-likeness (QED) is 0.835. The molecule has 0 radical (unpaired) electrons. The fourth-order valence-electron chi connectivity index (χ4n) is 3.30. The molecule has 2 amide bonds. The van der Waals surface area contributed by atoms with Crippen molar-refractivity contribution in [1.29, 1.82) is 0 Å². The fraction of sp³-hybridized carbons (Fsp3) is 0.556. The average Bonchev–Trinajstić information content (AvgIpc) is 2.67. The maximum absolute atomic E-state index is 12.6. The van der Waals surface area contributed by atoms with Crippen LogP contribution in [0, 0.1) is 5.92 Å². The first kappa shape index (κ1) is 19.7. The summed E-state index contributed by atoms with van der Waals surface area (Å²) in [6.45, 7) is 3.93. The number of hydrogen-bond acceptors (Lipinski definition) is 4. The van der Waals surface area contributed by atoms with E-state index in [1.807, 2.05) is 23.1 Å². The summed E-state index contributed by atoms with van der Waals surface area (Å²) >= 11 is 0. The second kappa shape index (κ2) is 9.75. The highest BCUT2D eigenvalue weighted by atomic mass is 35.5. The average molecular weight is 368 g/mol. The molecule has 7 heteroatoms. The molecule has 1 aromatic rings. The molecule has 138 valence electrons. The van der Waals surface area contributed by atoms with Crippen LogP contribution in [0.2, 0.25) is 0 Å². The van der Waals surface area contributed by atoms with Crippen molar-refractivity contribution in [2.24, 2.45) is 5.92 Å². The Morgan fingerprint density at radius 2 is 2.08 bits per heavy atom. The second-order valence-corrected chi connectivity index (χ2v) is 6.45. The van der Waals surface area contributed by atoms with E-state index in [2.05, 4.69) is 10.6 Å². The van der Waals surface area contributed by atoms with Crippen LogP contribution in [-0.4, -0.2) is 62.1 Å². The predicted octanol–water partition coefficient (Wildman–Crippen LogP) is 1.07. The summed E-state index contributed by atoms with van der Waals surface area (Å²) in [5.41, 5.74) is 0.671. The van der Waals surface area contributed by atoms with Crippen molar-refractivity contribution in [1.82, 2.24) is 15.5 Å². The third kappa shape index (κ3) is 5.42. The summed E-state index contributed by atoms with van der Waals surface area (Å²) < 4.78 is 5.38. The molecule has 0 aliphatic carbocycles. The maximum Gasteiger partial charge on any atom is 0.251 e. The maximum atomic E-state index is 12.6. The van der Waals surface area contributed by atoms with Gasteiger partial charge in [-0.2, -0.15) is 0 Å². The summed E-state index contributed by atoms with van der Waals surface area (Å²) in [6, 6.07) is 8.99. The summed E-state index contributed by atoms with van der Waals surface area (Å²) in [7, 11) is 0. The van der Waals surface area contributed by atoms with Gasteiger partial charge in [-0.15, -0.1) is 12.4 Å². The molecule has 2 aliphatic heterocycles. The number of nitrogens with one attached hydrogen (secondary N) is 2. The van der Waals surface area contributed by atoms with Crippen LogP contribution in [0.1, 0.15) is 23.2 Å². The SMILES string of the molecule is Cl.O=C(NCC1CCCN(C(=O)C2COCCN2)C1)c1ccccc1. The normalized spacial score (nSPS) is 23.4. The van der Waals surface area contributed by atoms with E-state index in [-0.39, 0.29) is 30.3 Å². The number of carbonyl (C=O) groups is 2. The van der Waals surface area contributed by atoms with Crippen molar-refractivity contribution in [2.45, 2.75) is 18.9 Å². The molecule has 2 N–H and O–H groups in total. The molecule has 0 spiro atoms. The lowest BCUT2D eigenvalue weighted by Gasteiger charge is -2.36. The van der Waals surface area contributed by atoms with Gasteiger partial charge in [-0.25, -0.2) is 0 Å². The standard InChI is InChI=1S/C18H25N3O3.ClH/c22-17(15-6-2-1-3-7-15)20-11-14-5-4-9-21(12-14)18(23)16-13-24-10-8-19-16;/h1-3,6-7,14,16,19H,4-5,8-13H2,(H,20,22);1H. The minimum Gasteiger partial charge on any atom is -0.378 e.